The van der Waals surface area contributed by atoms with E-state index in [4.69, 9.17) is 5.11 Å². The van der Waals surface area contributed by atoms with Gasteiger partial charge in [0, 0.05) is 28.3 Å². The average Bonchev–Trinajstić information content (AvgIpc) is 2.27. The summed E-state index contributed by atoms with van der Waals surface area (Å²) in [6.45, 7) is 5.28. The standard InChI is InChI=1S/C12H22N2O4S/c1-12(2,3)9(10(15)16)14-11(17)13-8-4-6-19(18)7-5-8/h8-9H,4-7H2,1-3H3,(H,15,16)(H2,13,14,17). The van der Waals surface area contributed by atoms with Crippen LogP contribution in [0, 0.1) is 5.41 Å². The van der Waals surface area contributed by atoms with Gasteiger partial charge in [0.2, 0.25) is 0 Å². The topological polar surface area (TPSA) is 95.5 Å². The molecule has 0 saturated carbocycles. The van der Waals surface area contributed by atoms with Crippen LogP contribution < -0.4 is 10.6 Å². The van der Waals surface area contributed by atoms with Gasteiger partial charge in [-0.3, -0.25) is 4.21 Å². The zero-order chi connectivity index (χ0) is 14.6. The maximum absolute atomic E-state index is 11.8. The first-order chi connectivity index (χ1) is 8.70. The number of hydrogen-bond acceptors (Lipinski definition) is 3. The molecule has 1 atom stereocenters. The smallest absolute Gasteiger partial charge is 0.326 e. The van der Waals surface area contributed by atoms with E-state index in [1.54, 1.807) is 20.8 Å². The van der Waals surface area contributed by atoms with Gasteiger partial charge in [-0.2, -0.15) is 0 Å². The number of amides is 2. The minimum absolute atomic E-state index is 0.0212. The predicted molar refractivity (Wildman–Crippen MR) is 73.4 cm³/mol. The van der Waals surface area contributed by atoms with E-state index in [0.29, 0.717) is 24.3 Å². The monoisotopic (exact) mass is 290 g/mol. The summed E-state index contributed by atoms with van der Waals surface area (Å²) in [5, 5.41) is 14.4. The molecule has 2 amide bonds. The van der Waals surface area contributed by atoms with Gasteiger partial charge < -0.3 is 15.7 Å². The molecule has 0 radical (unpaired) electrons. The number of aliphatic carboxylic acids is 1. The lowest BCUT2D eigenvalue weighted by Crippen LogP contribution is -2.54. The molecule has 0 aliphatic carbocycles. The molecule has 6 nitrogen and oxygen atoms in total. The lowest BCUT2D eigenvalue weighted by atomic mass is 9.87. The van der Waals surface area contributed by atoms with Crippen LogP contribution in [-0.4, -0.2) is 44.9 Å². The normalized spacial score (nSPS) is 25.4. The number of carboxylic acid groups (broad SMARTS) is 1. The first kappa shape index (κ1) is 15.9. The molecule has 0 aromatic rings. The van der Waals surface area contributed by atoms with Gasteiger partial charge in [-0.15, -0.1) is 0 Å². The Hall–Kier alpha value is -1.11. The summed E-state index contributed by atoms with van der Waals surface area (Å²) in [4.78, 5) is 22.9. The van der Waals surface area contributed by atoms with Crippen LogP contribution in [0.15, 0.2) is 0 Å². The van der Waals surface area contributed by atoms with Crippen molar-refractivity contribution in [3.8, 4) is 0 Å². The molecule has 1 rings (SSSR count). The van der Waals surface area contributed by atoms with Crippen molar-refractivity contribution in [2.75, 3.05) is 11.5 Å². The molecule has 1 heterocycles. The molecule has 1 saturated heterocycles. The molecule has 0 spiro atoms. The molecule has 1 unspecified atom stereocenters. The Bertz CT molecular complexity index is 368. The Morgan fingerprint density at radius 2 is 1.79 bits per heavy atom. The first-order valence-electron chi connectivity index (χ1n) is 6.35. The van der Waals surface area contributed by atoms with Crippen molar-refractivity contribution >= 4 is 22.8 Å². The first-order valence-corrected chi connectivity index (χ1v) is 7.84. The number of urea groups is 1. The van der Waals surface area contributed by atoms with E-state index < -0.39 is 34.3 Å². The van der Waals surface area contributed by atoms with Crippen LogP contribution in [0.25, 0.3) is 0 Å². The highest BCUT2D eigenvalue weighted by Gasteiger charge is 2.33. The second-order valence-corrected chi connectivity index (χ2v) is 7.57. The van der Waals surface area contributed by atoms with Gasteiger partial charge in [-0.25, -0.2) is 9.59 Å². The quantitative estimate of drug-likeness (QED) is 0.713. The minimum Gasteiger partial charge on any atom is -0.480 e. The molecule has 7 heteroatoms. The van der Waals surface area contributed by atoms with Crippen LogP contribution in [0.4, 0.5) is 4.79 Å². The molecule has 0 bridgehead atoms. The van der Waals surface area contributed by atoms with E-state index in [2.05, 4.69) is 10.6 Å². The second-order valence-electron chi connectivity index (χ2n) is 5.88. The lowest BCUT2D eigenvalue weighted by molar-refractivity contribution is -0.141. The number of hydrogen-bond donors (Lipinski definition) is 3. The lowest BCUT2D eigenvalue weighted by Gasteiger charge is -2.29. The molecule has 1 aliphatic heterocycles. The van der Waals surface area contributed by atoms with E-state index in [-0.39, 0.29) is 6.04 Å². The average molecular weight is 290 g/mol. The zero-order valence-electron chi connectivity index (χ0n) is 11.6. The van der Waals surface area contributed by atoms with E-state index in [0.717, 1.165) is 0 Å². The third-order valence-corrected chi connectivity index (χ3v) is 4.49. The molecule has 1 aliphatic rings. The van der Waals surface area contributed by atoms with Crippen LogP contribution in [0.5, 0.6) is 0 Å². The maximum atomic E-state index is 11.8. The fourth-order valence-corrected chi connectivity index (χ4v) is 3.24. The van der Waals surface area contributed by atoms with Gasteiger partial charge in [0.05, 0.1) is 0 Å². The SMILES string of the molecule is CC(C)(C)C(NC(=O)NC1CCS(=O)CC1)C(=O)O. The number of carboxylic acids is 1. The molecular formula is C12H22N2O4S. The zero-order valence-corrected chi connectivity index (χ0v) is 12.4. The van der Waals surface area contributed by atoms with Crippen molar-refractivity contribution < 1.29 is 18.9 Å². The Balaban J connectivity index is 2.49. The Morgan fingerprint density at radius 1 is 1.26 bits per heavy atom. The van der Waals surface area contributed by atoms with Crippen molar-refractivity contribution in [2.45, 2.75) is 45.7 Å². The van der Waals surface area contributed by atoms with Gasteiger partial charge in [0.1, 0.15) is 6.04 Å². The van der Waals surface area contributed by atoms with Crippen LogP contribution >= 0.6 is 0 Å². The van der Waals surface area contributed by atoms with Crippen LogP contribution in [0.3, 0.4) is 0 Å². The molecule has 19 heavy (non-hydrogen) atoms. The number of rotatable bonds is 3. The molecule has 0 aromatic heterocycles. The van der Waals surface area contributed by atoms with Crippen molar-refractivity contribution in [3.63, 3.8) is 0 Å². The van der Waals surface area contributed by atoms with Gasteiger partial charge in [0.25, 0.3) is 0 Å². The van der Waals surface area contributed by atoms with Gasteiger partial charge in [-0.1, -0.05) is 20.8 Å². The van der Waals surface area contributed by atoms with E-state index in [9.17, 15) is 13.8 Å². The molecule has 0 aromatic carbocycles. The van der Waals surface area contributed by atoms with Gasteiger partial charge >= 0.3 is 12.0 Å². The molecule has 3 N–H and O–H groups in total. The summed E-state index contributed by atoms with van der Waals surface area (Å²) >= 11 is 0. The molecule has 110 valence electrons. The summed E-state index contributed by atoms with van der Waals surface area (Å²) in [7, 11) is -0.774. The van der Waals surface area contributed by atoms with Crippen molar-refractivity contribution in [1.82, 2.24) is 10.6 Å². The highest BCUT2D eigenvalue weighted by atomic mass is 32.2. The third kappa shape index (κ3) is 5.18. The van der Waals surface area contributed by atoms with Crippen molar-refractivity contribution in [1.29, 1.82) is 0 Å². The highest BCUT2D eigenvalue weighted by molar-refractivity contribution is 7.85. The van der Waals surface area contributed by atoms with Gasteiger partial charge in [0.15, 0.2) is 0 Å². The minimum atomic E-state index is -1.05. The van der Waals surface area contributed by atoms with E-state index in [1.165, 1.54) is 0 Å². The van der Waals surface area contributed by atoms with Crippen LogP contribution in [-0.2, 0) is 15.6 Å². The van der Waals surface area contributed by atoms with Crippen molar-refractivity contribution in [2.24, 2.45) is 5.41 Å². The Labute approximate surface area is 115 Å². The molecular weight excluding hydrogens is 268 g/mol. The molecule has 1 fully saturated rings. The van der Waals surface area contributed by atoms with E-state index >= 15 is 0 Å². The fourth-order valence-electron chi connectivity index (χ4n) is 1.94. The van der Waals surface area contributed by atoms with Crippen LogP contribution in [0.2, 0.25) is 0 Å². The van der Waals surface area contributed by atoms with Gasteiger partial charge in [-0.05, 0) is 18.3 Å². The summed E-state index contributed by atoms with van der Waals surface area (Å²) in [6.07, 6.45) is 1.35. The summed E-state index contributed by atoms with van der Waals surface area (Å²) in [6, 6.07) is -1.43. The largest absolute Gasteiger partial charge is 0.480 e. The Kier molecular flexibility index (Phi) is 5.34. The Morgan fingerprint density at radius 3 is 2.21 bits per heavy atom. The van der Waals surface area contributed by atoms with E-state index in [1.807, 2.05) is 0 Å². The predicted octanol–water partition coefficient (Wildman–Crippen LogP) is 0.696. The number of carbonyl (C=O) groups is 2. The highest BCUT2D eigenvalue weighted by Crippen LogP contribution is 2.19. The van der Waals surface area contributed by atoms with Crippen LogP contribution in [0.1, 0.15) is 33.6 Å². The summed E-state index contributed by atoms with van der Waals surface area (Å²) in [5.74, 6) is 0.131. The fraction of sp³-hybridized carbons (Fsp3) is 0.833. The maximum Gasteiger partial charge on any atom is 0.326 e. The third-order valence-electron chi connectivity index (χ3n) is 3.11. The second kappa shape index (κ2) is 6.36. The van der Waals surface area contributed by atoms with Crippen molar-refractivity contribution in [3.05, 3.63) is 0 Å². The summed E-state index contributed by atoms with van der Waals surface area (Å²) in [5.41, 5.74) is -0.558. The number of nitrogens with one attached hydrogen (secondary N) is 2. The summed E-state index contributed by atoms with van der Waals surface area (Å²) < 4.78 is 11.2. The number of carbonyl (C=O) groups excluding carboxylic acids is 1.